The molecule has 0 aliphatic rings. The molecule has 0 spiro atoms. The van der Waals surface area contributed by atoms with E-state index in [-0.39, 0.29) is 6.42 Å². The number of alkyl halides is 3. The van der Waals surface area contributed by atoms with Gasteiger partial charge in [0.05, 0.1) is 4.60 Å². The van der Waals surface area contributed by atoms with E-state index in [2.05, 4.69) is 20.9 Å². The van der Waals surface area contributed by atoms with Gasteiger partial charge < -0.3 is 15.4 Å². The molecule has 9 heteroatoms. The zero-order valence-corrected chi connectivity index (χ0v) is 12.5. The molecule has 1 amide bonds. The lowest BCUT2D eigenvalue weighted by Crippen LogP contribution is -2.47. The van der Waals surface area contributed by atoms with E-state index in [1.54, 1.807) is 24.3 Å². The van der Waals surface area contributed by atoms with Gasteiger partial charge in [-0.2, -0.15) is 13.2 Å². The van der Waals surface area contributed by atoms with Crippen molar-refractivity contribution in [3.8, 4) is 0 Å². The SMILES string of the molecule is O=C(O)[C@H](Cc1c(Br)[nH]c2ccccc12)NC(=O)C(F)(F)F. The minimum Gasteiger partial charge on any atom is -0.480 e. The highest BCUT2D eigenvalue weighted by Gasteiger charge is 2.41. The van der Waals surface area contributed by atoms with Crippen molar-refractivity contribution in [2.24, 2.45) is 0 Å². The second-order valence-corrected chi connectivity index (χ2v) is 5.32. The van der Waals surface area contributed by atoms with Gasteiger partial charge in [0.25, 0.3) is 0 Å². The number of amides is 1. The van der Waals surface area contributed by atoms with Crippen molar-refractivity contribution in [1.29, 1.82) is 0 Å². The maximum absolute atomic E-state index is 12.3. The fraction of sp³-hybridized carbons (Fsp3) is 0.231. The third-order valence-corrected chi connectivity index (χ3v) is 3.71. The monoisotopic (exact) mass is 378 g/mol. The first-order valence-electron chi connectivity index (χ1n) is 6.05. The molecule has 0 unspecified atom stereocenters. The van der Waals surface area contributed by atoms with Gasteiger partial charge in [-0.25, -0.2) is 4.79 Å². The minimum absolute atomic E-state index is 0.290. The fourth-order valence-corrected chi connectivity index (χ4v) is 2.60. The molecule has 22 heavy (non-hydrogen) atoms. The Balaban J connectivity index is 2.29. The van der Waals surface area contributed by atoms with Crippen molar-refractivity contribution in [3.05, 3.63) is 34.4 Å². The highest BCUT2D eigenvalue weighted by molar-refractivity contribution is 9.10. The van der Waals surface area contributed by atoms with Crippen LogP contribution in [0.25, 0.3) is 10.9 Å². The quantitative estimate of drug-likeness (QED) is 0.764. The van der Waals surface area contributed by atoms with Gasteiger partial charge in [-0.15, -0.1) is 0 Å². The molecule has 0 fully saturated rings. The van der Waals surface area contributed by atoms with Gasteiger partial charge in [0.15, 0.2) is 0 Å². The number of rotatable bonds is 4. The van der Waals surface area contributed by atoms with E-state index in [9.17, 15) is 22.8 Å². The van der Waals surface area contributed by atoms with Crippen molar-refractivity contribution in [2.45, 2.75) is 18.6 Å². The van der Waals surface area contributed by atoms with E-state index < -0.39 is 24.1 Å². The Hall–Kier alpha value is -2.03. The van der Waals surface area contributed by atoms with Gasteiger partial charge in [0, 0.05) is 17.3 Å². The molecule has 118 valence electrons. The Kier molecular flexibility index (Phi) is 4.45. The first-order chi connectivity index (χ1) is 10.2. The van der Waals surface area contributed by atoms with Gasteiger partial charge in [-0.1, -0.05) is 18.2 Å². The van der Waals surface area contributed by atoms with E-state index >= 15 is 0 Å². The first kappa shape index (κ1) is 16.3. The van der Waals surface area contributed by atoms with Crippen LogP contribution < -0.4 is 5.32 Å². The van der Waals surface area contributed by atoms with Crippen molar-refractivity contribution in [1.82, 2.24) is 10.3 Å². The fourth-order valence-electron chi connectivity index (χ4n) is 2.01. The molecule has 2 aromatic rings. The van der Waals surface area contributed by atoms with Crippen LogP contribution in [0.2, 0.25) is 0 Å². The Bertz CT molecular complexity index is 727. The van der Waals surface area contributed by atoms with Crippen LogP contribution in [-0.4, -0.2) is 34.2 Å². The van der Waals surface area contributed by atoms with Gasteiger partial charge in [-0.3, -0.25) is 4.79 Å². The number of carboxylic acids is 1. The molecule has 0 radical (unpaired) electrons. The van der Waals surface area contributed by atoms with Crippen molar-refractivity contribution in [2.75, 3.05) is 0 Å². The number of aromatic amines is 1. The number of para-hydroxylation sites is 1. The summed E-state index contributed by atoms with van der Waals surface area (Å²) in [6.45, 7) is 0. The molecule has 1 heterocycles. The van der Waals surface area contributed by atoms with Gasteiger partial charge in [-0.05, 0) is 27.6 Å². The number of benzene rings is 1. The number of carboxylic acid groups (broad SMARTS) is 1. The Morgan fingerprint density at radius 2 is 1.95 bits per heavy atom. The van der Waals surface area contributed by atoms with Crippen LogP contribution in [0.15, 0.2) is 28.9 Å². The van der Waals surface area contributed by atoms with Crippen LogP contribution in [0.5, 0.6) is 0 Å². The first-order valence-corrected chi connectivity index (χ1v) is 6.85. The molecule has 0 bridgehead atoms. The predicted molar refractivity (Wildman–Crippen MR) is 75.3 cm³/mol. The summed E-state index contributed by atoms with van der Waals surface area (Å²) in [5.41, 5.74) is 1.18. The number of carbonyl (C=O) groups is 2. The van der Waals surface area contributed by atoms with E-state index in [4.69, 9.17) is 5.11 Å². The van der Waals surface area contributed by atoms with Crippen LogP contribution in [-0.2, 0) is 16.0 Å². The topological polar surface area (TPSA) is 82.2 Å². The summed E-state index contributed by atoms with van der Waals surface area (Å²) < 4.78 is 37.3. The summed E-state index contributed by atoms with van der Waals surface area (Å²) in [5, 5.41) is 11.2. The average molecular weight is 379 g/mol. The highest BCUT2D eigenvalue weighted by Crippen LogP contribution is 2.27. The van der Waals surface area contributed by atoms with E-state index in [0.717, 1.165) is 0 Å². The zero-order valence-electron chi connectivity index (χ0n) is 10.9. The smallest absolute Gasteiger partial charge is 0.471 e. The molecule has 1 aromatic carbocycles. The number of fused-ring (bicyclic) bond motifs is 1. The number of aromatic nitrogens is 1. The molecule has 0 aliphatic heterocycles. The molecule has 0 saturated carbocycles. The summed E-state index contributed by atoms with van der Waals surface area (Å²) in [7, 11) is 0. The van der Waals surface area contributed by atoms with E-state index in [1.165, 1.54) is 5.32 Å². The summed E-state index contributed by atoms with van der Waals surface area (Å²) in [4.78, 5) is 25.0. The molecule has 5 nitrogen and oxygen atoms in total. The molecule has 2 rings (SSSR count). The molecule has 0 aliphatic carbocycles. The van der Waals surface area contributed by atoms with E-state index in [1.807, 2.05) is 0 Å². The normalized spacial score (nSPS) is 13.1. The second-order valence-electron chi connectivity index (χ2n) is 4.53. The van der Waals surface area contributed by atoms with Crippen LogP contribution in [0.1, 0.15) is 5.56 Å². The summed E-state index contributed by atoms with van der Waals surface area (Å²) in [6.07, 6.45) is -5.42. The molecule has 1 atom stereocenters. The van der Waals surface area contributed by atoms with Crippen molar-refractivity contribution < 1.29 is 27.9 Å². The minimum atomic E-state index is -5.13. The second kappa shape index (κ2) is 5.99. The summed E-state index contributed by atoms with van der Waals surface area (Å²) in [5.74, 6) is -3.83. The number of hydrogen-bond donors (Lipinski definition) is 3. The standard InChI is InChI=1S/C13H10BrF3N2O3/c14-10-7(6-3-1-2-4-8(6)18-10)5-9(11(20)21)19-12(22)13(15,16)17/h1-4,9,18H,5H2,(H,19,22)(H,20,21)/t9-/m0/s1. The lowest BCUT2D eigenvalue weighted by atomic mass is 10.0. The van der Waals surface area contributed by atoms with Gasteiger partial charge in [0.2, 0.25) is 0 Å². The summed E-state index contributed by atoms with van der Waals surface area (Å²) in [6, 6.07) is 5.24. The number of nitrogens with one attached hydrogen (secondary N) is 2. The number of carbonyl (C=O) groups excluding carboxylic acids is 1. The van der Waals surface area contributed by atoms with Crippen molar-refractivity contribution in [3.63, 3.8) is 0 Å². The maximum Gasteiger partial charge on any atom is 0.471 e. The highest BCUT2D eigenvalue weighted by atomic mass is 79.9. The van der Waals surface area contributed by atoms with Crippen LogP contribution >= 0.6 is 15.9 Å². The number of aliphatic carboxylic acids is 1. The maximum atomic E-state index is 12.3. The molecule has 1 aromatic heterocycles. The Labute approximate surface area is 130 Å². The number of hydrogen-bond acceptors (Lipinski definition) is 2. The zero-order chi connectivity index (χ0) is 16.5. The number of halogens is 4. The largest absolute Gasteiger partial charge is 0.480 e. The number of H-pyrrole nitrogens is 1. The van der Waals surface area contributed by atoms with Crippen LogP contribution in [0, 0.1) is 0 Å². The Morgan fingerprint density at radius 3 is 2.55 bits per heavy atom. The average Bonchev–Trinajstić information content (AvgIpc) is 2.73. The lowest BCUT2D eigenvalue weighted by Gasteiger charge is -2.15. The van der Waals surface area contributed by atoms with Gasteiger partial charge in [0.1, 0.15) is 6.04 Å². The van der Waals surface area contributed by atoms with E-state index in [0.29, 0.717) is 21.1 Å². The van der Waals surface area contributed by atoms with Crippen LogP contribution in [0.4, 0.5) is 13.2 Å². The predicted octanol–water partition coefficient (Wildman–Crippen LogP) is 2.60. The van der Waals surface area contributed by atoms with Crippen LogP contribution in [0.3, 0.4) is 0 Å². The molecular weight excluding hydrogens is 369 g/mol. The molecule has 0 saturated heterocycles. The third kappa shape index (κ3) is 3.41. The summed E-state index contributed by atoms with van der Waals surface area (Å²) >= 11 is 3.21. The Morgan fingerprint density at radius 1 is 1.32 bits per heavy atom. The molecule has 3 N–H and O–H groups in total. The lowest BCUT2D eigenvalue weighted by molar-refractivity contribution is -0.175. The third-order valence-electron chi connectivity index (χ3n) is 3.03. The molecular formula is C13H10BrF3N2O3. The van der Waals surface area contributed by atoms with Gasteiger partial charge >= 0.3 is 18.1 Å². The van der Waals surface area contributed by atoms with Crippen molar-refractivity contribution >= 4 is 38.7 Å².